The molecule has 0 saturated carbocycles. The van der Waals surface area contributed by atoms with Crippen LogP contribution in [0, 0.1) is 0 Å². The molecule has 1 amide bonds. The number of benzene rings is 1. The first-order valence-electron chi connectivity index (χ1n) is 5.02. The summed E-state index contributed by atoms with van der Waals surface area (Å²) in [6.45, 7) is 0.469. The Kier molecular flexibility index (Phi) is 2.69. The van der Waals surface area contributed by atoms with Crippen molar-refractivity contribution in [1.82, 2.24) is 8.75 Å². The van der Waals surface area contributed by atoms with Gasteiger partial charge in [-0.25, -0.2) is 0 Å². The molecule has 4 nitrogen and oxygen atoms in total. The maximum absolute atomic E-state index is 11.8. The summed E-state index contributed by atoms with van der Waals surface area (Å²) in [4.78, 5) is 13.4. The Labute approximate surface area is 111 Å². The number of hydrogen-bond acceptors (Lipinski definition) is 4. The highest BCUT2D eigenvalue weighted by Gasteiger charge is 2.32. The average molecular weight is 288 g/mol. The molecule has 0 radical (unpaired) electrons. The number of carbonyl (C=O) groups is 1. The highest BCUT2D eigenvalue weighted by atomic mass is 35.5. The normalized spacial score (nSPS) is 20.5. The third kappa shape index (κ3) is 1.78. The van der Waals surface area contributed by atoms with Gasteiger partial charge in [0.05, 0.1) is 27.8 Å². The van der Waals surface area contributed by atoms with E-state index in [1.807, 2.05) is 0 Å². The summed E-state index contributed by atoms with van der Waals surface area (Å²) in [6, 6.07) is 3.53. The lowest BCUT2D eigenvalue weighted by atomic mass is 10.2. The van der Waals surface area contributed by atoms with E-state index in [4.69, 9.17) is 23.2 Å². The number of amides is 1. The lowest BCUT2D eigenvalue weighted by Gasteiger charge is -2.17. The molecular weight excluding hydrogens is 281 g/mol. The molecule has 0 N–H and O–H groups in total. The number of carbonyl (C=O) groups excluding carboxylic acids is 1. The minimum absolute atomic E-state index is 0.0209. The van der Waals surface area contributed by atoms with Crippen LogP contribution >= 0.6 is 34.9 Å². The van der Waals surface area contributed by atoms with Gasteiger partial charge >= 0.3 is 0 Å². The number of anilines is 1. The molecule has 2 aromatic rings. The molecule has 1 saturated heterocycles. The molecule has 1 aromatic heterocycles. The van der Waals surface area contributed by atoms with Crippen molar-refractivity contribution >= 4 is 57.6 Å². The highest BCUT2D eigenvalue weighted by molar-refractivity contribution is 7.00. The van der Waals surface area contributed by atoms with Gasteiger partial charge in [-0.05, 0) is 12.1 Å². The first-order valence-corrected chi connectivity index (χ1v) is 6.56. The Bertz CT molecular complexity index is 600. The van der Waals surface area contributed by atoms with Gasteiger partial charge in [0.15, 0.2) is 0 Å². The SMILES string of the molecule is O=C1CC(Cl)CN1c1c(Cl)ccc2nsnc12. The number of fused-ring (bicyclic) bond motifs is 1. The molecule has 1 unspecified atom stereocenters. The first-order chi connectivity index (χ1) is 8.16. The van der Waals surface area contributed by atoms with Gasteiger partial charge in [0, 0.05) is 13.0 Å². The summed E-state index contributed by atoms with van der Waals surface area (Å²) in [5.41, 5.74) is 2.05. The Balaban J connectivity index is 2.19. The number of aromatic nitrogens is 2. The predicted molar refractivity (Wildman–Crippen MR) is 69.0 cm³/mol. The summed E-state index contributed by atoms with van der Waals surface area (Å²) < 4.78 is 8.33. The summed E-state index contributed by atoms with van der Waals surface area (Å²) in [7, 11) is 0. The van der Waals surface area contributed by atoms with E-state index in [2.05, 4.69) is 8.75 Å². The lowest BCUT2D eigenvalue weighted by Crippen LogP contribution is -2.25. The van der Waals surface area contributed by atoms with Crippen LogP contribution in [-0.2, 0) is 4.79 Å². The molecule has 2 heterocycles. The molecule has 17 heavy (non-hydrogen) atoms. The molecule has 1 atom stereocenters. The van der Waals surface area contributed by atoms with E-state index >= 15 is 0 Å². The zero-order valence-electron chi connectivity index (χ0n) is 8.56. The van der Waals surface area contributed by atoms with Crippen molar-refractivity contribution in [2.75, 3.05) is 11.4 Å². The van der Waals surface area contributed by atoms with E-state index in [9.17, 15) is 4.79 Å². The van der Waals surface area contributed by atoms with Gasteiger partial charge in [0.25, 0.3) is 0 Å². The Morgan fingerprint density at radius 3 is 2.94 bits per heavy atom. The van der Waals surface area contributed by atoms with E-state index in [1.165, 1.54) is 0 Å². The van der Waals surface area contributed by atoms with Crippen LogP contribution in [-0.4, -0.2) is 26.6 Å². The number of alkyl halides is 1. The second-order valence-electron chi connectivity index (χ2n) is 3.83. The average Bonchev–Trinajstić information content (AvgIpc) is 2.85. The largest absolute Gasteiger partial charge is 0.307 e. The van der Waals surface area contributed by atoms with E-state index in [0.717, 1.165) is 17.2 Å². The van der Waals surface area contributed by atoms with Gasteiger partial charge in [0.2, 0.25) is 5.91 Å². The molecule has 0 spiro atoms. The number of nitrogens with zero attached hydrogens (tertiary/aromatic N) is 3. The third-order valence-corrected chi connectivity index (χ3v) is 3.84. The van der Waals surface area contributed by atoms with Crippen LogP contribution in [0.3, 0.4) is 0 Å². The van der Waals surface area contributed by atoms with Crippen LogP contribution in [0.25, 0.3) is 11.0 Å². The quantitative estimate of drug-likeness (QED) is 0.758. The Morgan fingerprint density at radius 1 is 1.41 bits per heavy atom. The number of rotatable bonds is 1. The molecular formula is C10H7Cl2N3OS. The Morgan fingerprint density at radius 2 is 2.24 bits per heavy atom. The highest BCUT2D eigenvalue weighted by Crippen LogP contribution is 2.36. The van der Waals surface area contributed by atoms with Crippen LogP contribution in [0.15, 0.2) is 12.1 Å². The van der Waals surface area contributed by atoms with Crippen LogP contribution in [0.4, 0.5) is 5.69 Å². The van der Waals surface area contributed by atoms with Crippen molar-refractivity contribution in [3.05, 3.63) is 17.2 Å². The minimum atomic E-state index is -0.166. The topological polar surface area (TPSA) is 46.1 Å². The van der Waals surface area contributed by atoms with Crippen molar-refractivity contribution < 1.29 is 4.79 Å². The molecule has 0 bridgehead atoms. The molecule has 1 fully saturated rings. The van der Waals surface area contributed by atoms with E-state index < -0.39 is 0 Å². The fraction of sp³-hybridized carbons (Fsp3) is 0.300. The first kappa shape index (κ1) is 11.2. The lowest BCUT2D eigenvalue weighted by molar-refractivity contribution is -0.117. The van der Waals surface area contributed by atoms with Crippen molar-refractivity contribution in [2.45, 2.75) is 11.8 Å². The molecule has 1 aliphatic heterocycles. The monoisotopic (exact) mass is 287 g/mol. The number of halogens is 2. The second kappa shape index (κ2) is 4.08. The smallest absolute Gasteiger partial charge is 0.228 e. The van der Waals surface area contributed by atoms with Crippen LogP contribution in [0.2, 0.25) is 5.02 Å². The van der Waals surface area contributed by atoms with Gasteiger partial charge in [0.1, 0.15) is 11.0 Å². The van der Waals surface area contributed by atoms with Gasteiger partial charge in [-0.15, -0.1) is 11.6 Å². The van der Waals surface area contributed by atoms with Crippen LogP contribution in [0.5, 0.6) is 0 Å². The van der Waals surface area contributed by atoms with Crippen LogP contribution in [0.1, 0.15) is 6.42 Å². The minimum Gasteiger partial charge on any atom is -0.307 e. The van der Waals surface area contributed by atoms with Gasteiger partial charge in [-0.1, -0.05) is 11.6 Å². The fourth-order valence-electron chi connectivity index (χ4n) is 1.95. The van der Waals surface area contributed by atoms with Gasteiger partial charge < -0.3 is 4.90 Å². The predicted octanol–water partition coefficient (Wildman–Crippen LogP) is 2.69. The third-order valence-electron chi connectivity index (χ3n) is 2.70. The summed E-state index contributed by atoms with van der Waals surface area (Å²) in [6.07, 6.45) is 0.339. The molecule has 1 aromatic carbocycles. The van der Waals surface area contributed by atoms with Crippen molar-refractivity contribution in [1.29, 1.82) is 0 Å². The van der Waals surface area contributed by atoms with E-state index in [-0.39, 0.29) is 11.3 Å². The molecule has 3 rings (SSSR count). The molecule has 88 valence electrons. The molecule has 0 aliphatic carbocycles. The van der Waals surface area contributed by atoms with Gasteiger partial charge in [-0.3, -0.25) is 4.79 Å². The van der Waals surface area contributed by atoms with Gasteiger partial charge in [-0.2, -0.15) is 8.75 Å². The zero-order chi connectivity index (χ0) is 12.0. The maximum Gasteiger partial charge on any atom is 0.228 e. The fourth-order valence-corrected chi connectivity index (χ4v) is 3.01. The molecule has 1 aliphatic rings. The number of hydrogen-bond donors (Lipinski definition) is 0. The van der Waals surface area contributed by atoms with E-state index in [0.29, 0.717) is 29.2 Å². The zero-order valence-corrected chi connectivity index (χ0v) is 10.9. The Hall–Kier alpha value is -0.910. The maximum atomic E-state index is 11.8. The van der Waals surface area contributed by atoms with E-state index in [1.54, 1.807) is 17.0 Å². The summed E-state index contributed by atoms with van der Waals surface area (Å²) >= 11 is 13.3. The van der Waals surface area contributed by atoms with Crippen molar-refractivity contribution in [3.8, 4) is 0 Å². The summed E-state index contributed by atoms with van der Waals surface area (Å²) in [5.74, 6) is -0.0209. The van der Waals surface area contributed by atoms with Crippen LogP contribution < -0.4 is 4.90 Å². The van der Waals surface area contributed by atoms with Crippen molar-refractivity contribution in [3.63, 3.8) is 0 Å². The second-order valence-corrected chi connectivity index (χ2v) is 5.39. The van der Waals surface area contributed by atoms with Crippen molar-refractivity contribution in [2.24, 2.45) is 0 Å². The summed E-state index contributed by atoms with van der Waals surface area (Å²) in [5, 5.41) is 0.338. The molecule has 7 heteroatoms. The standard InChI is InChI=1S/C10H7Cl2N3OS/c11-5-3-8(16)15(4-5)10-6(12)1-2-7-9(10)14-17-13-7/h1-2,5H,3-4H2.